The van der Waals surface area contributed by atoms with Gasteiger partial charge >= 0.3 is 6.36 Å². The number of rotatable bonds is 5. The van der Waals surface area contributed by atoms with Crippen LogP contribution in [-0.4, -0.2) is 33.5 Å². The molecule has 32 heavy (non-hydrogen) atoms. The van der Waals surface area contributed by atoms with Gasteiger partial charge in [-0.2, -0.15) is 0 Å². The number of anilines is 1. The van der Waals surface area contributed by atoms with Crippen LogP contribution in [0.4, 0.5) is 19.0 Å². The first-order valence-electron chi connectivity index (χ1n) is 11.7. The lowest BCUT2D eigenvalue weighted by Gasteiger charge is -2.51. The summed E-state index contributed by atoms with van der Waals surface area (Å²) in [6.45, 7) is 0. The lowest BCUT2D eigenvalue weighted by Crippen LogP contribution is -2.49. The third-order valence-electron chi connectivity index (χ3n) is 7.49. The number of aliphatic hydroxyl groups is 1. The zero-order chi connectivity index (χ0) is 22.5. The van der Waals surface area contributed by atoms with E-state index < -0.39 is 18.2 Å². The van der Waals surface area contributed by atoms with Gasteiger partial charge in [0.15, 0.2) is 11.6 Å². The third-order valence-corrected chi connectivity index (χ3v) is 7.49. The first kappa shape index (κ1) is 21.6. The summed E-state index contributed by atoms with van der Waals surface area (Å²) in [7, 11) is 0. The van der Waals surface area contributed by atoms with Crippen molar-refractivity contribution in [3.63, 3.8) is 0 Å². The molecule has 5 aliphatic rings. The molecular weight excluding hydrogens is 419 g/mol. The molecule has 174 valence electrons. The van der Waals surface area contributed by atoms with Gasteiger partial charge in [0.1, 0.15) is 0 Å². The lowest BCUT2D eigenvalue weighted by atomic mass is 9.62. The molecule has 1 aromatic rings. The number of hydrogen-bond donors (Lipinski definition) is 2. The van der Waals surface area contributed by atoms with Crippen LogP contribution in [0, 0.1) is 17.8 Å². The minimum atomic E-state index is -4.83. The van der Waals surface area contributed by atoms with E-state index in [1.165, 1.54) is 31.5 Å². The Balaban J connectivity index is 1.51. The molecule has 8 heteroatoms. The Hall–Kier alpha value is -2.22. The number of ether oxygens (including phenoxy) is 1. The number of hydrogen-bond acceptors (Lipinski definition) is 5. The van der Waals surface area contributed by atoms with Crippen molar-refractivity contribution in [3.8, 4) is 5.75 Å². The van der Waals surface area contributed by atoms with Crippen LogP contribution in [0.15, 0.2) is 30.2 Å². The van der Waals surface area contributed by atoms with Crippen molar-refractivity contribution in [2.24, 2.45) is 17.8 Å². The number of nitrogens with two attached hydrogens (primary N) is 1. The number of nitrogen functional groups attached to an aromatic ring is 1. The molecule has 0 saturated heterocycles. The Labute approximate surface area is 186 Å². The maximum atomic E-state index is 12.8. The van der Waals surface area contributed by atoms with Crippen LogP contribution >= 0.6 is 0 Å². The van der Waals surface area contributed by atoms with Gasteiger partial charge in [0.2, 0.25) is 0 Å². The van der Waals surface area contributed by atoms with Crippen LogP contribution in [0.25, 0.3) is 5.57 Å². The number of fused-ring (bicyclic) bond motifs is 2. The average molecular weight is 450 g/mol. The van der Waals surface area contributed by atoms with Crippen molar-refractivity contribution in [2.45, 2.75) is 76.3 Å². The molecular formula is C24H30F3N3O2. The van der Waals surface area contributed by atoms with Crippen molar-refractivity contribution >= 4 is 11.4 Å². The second-order valence-corrected chi connectivity index (χ2v) is 9.76. The highest BCUT2D eigenvalue weighted by atomic mass is 19.4. The largest absolute Gasteiger partial charge is 0.573 e. The molecule has 0 spiro atoms. The molecule has 5 nitrogen and oxygen atoms in total. The van der Waals surface area contributed by atoms with Crippen LogP contribution in [0.5, 0.6) is 5.75 Å². The van der Waals surface area contributed by atoms with Crippen molar-refractivity contribution < 1.29 is 23.0 Å². The van der Waals surface area contributed by atoms with Gasteiger partial charge in [0, 0.05) is 29.7 Å². The molecule has 2 bridgehead atoms. The first-order chi connectivity index (χ1) is 15.3. The quantitative estimate of drug-likeness (QED) is 0.644. The Bertz CT molecular complexity index is 917. The predicted octanol–water partition coefficient (Wildman–Crippen LogP) is 5.23. The zero-order valence-corrected chi connectivity index (χ0v) is 18.0. The zero-order valence-electron chi connectivity index (χ0n) is 18.0. The van der Waals surface area contributed by atoms with Gasteiger partial charge in [0.05, 0.1) is 6.10 Å². The standard InChI is InChI=1S/C24H30F3N3O2/c25-24(26,27)32-21-11-18(12-29-23(21)28)16-3-1-2-4-20(22(31)15-6-7-15)30(13-16)19-8-5-14-9-17(19)10-14/h4,11-15,17,19,22,31H,1-3,5-10H2,(H2,28,29)/b16-13+,20-4-/t14?,17?,19-,22?/m0/s1. The van der Waals surface area contributed by atoms with Gasteiger partial charge in [-0.25, -0.2) is 4.98 Å². The molecule has 6 rings (SSSR count). The highest BCUT2D eigenvalue weighted by Gasteiger charge is 2.44. The monoisotopic (exact) mass is 449 g/mol. The number of nitrogens with zero attached hydrogens (tertiary/aromatic N) is 2. The summed E-state index contributed by atoms with van der Waals surface area (Å²) in [5.41, 5.74) is 8.09. The third kappa shape index (κ3) is 4.47. The maximum Gasteiger partial charge on any atom is 0.573 e. The van der Waals surface area contributed by atoms with E-state index in [2.05, 4.69) is 26.9 Å². The molecule has 1 aliphatic heterocycles. The average Bonchev–Trinajstić information content (AvgIpc) is 3.53. The molecule has 0 aromatic carbocycles. The summed E-state index contributed by atoms with van der Waals surface area (Å²) < 4.78 is 42.6. The number of halogens is 3. The summed E-state index contributed by atoms with van der Waals surface area (Å²) in [5.74, 6) is 0.986. The number of aromatic nitrogens is 1. The van der Waals surface area contributed by atoms with E-state index in [4.69, 9.17) is 5.73 Å². The van der Waals surface area contributed by atoms with Crippen molar-refractivity contribution in [3.05, 3.63) is 35.8 Å². The number of aliphatic hydroxyl groups excluding tert-OH is 1. The summed E-state index contributed by atoms with van der Waals surface area (Å²) in [5, 5.41) is 11.1. The van der Waals surface area contributed by atoms with E-state index in [1.54, 1.807) is 0 Å². The Morgan fingerprint density at radius 2 is 1.97 bits per heavy atom. The van der Waals surface area contributed by atoms with Gasteiger partial charge in [-0.05, 0) is 87.2 Å². The smallest absolute Gasteiger partial charge is 0.402 e. The molecule has 0 amide bonds. The highest BCUT2D eigenvalue weighted by molar-refractivity contribution is 5.68. The maximum absolute atomic E-state index is 12.8. The SMILES string of the molecule is Nc1ncc(/C2=C/N([C@H]3CCC4CC3C4)/C(C(O)C3CC3)=C\CCC2)cc1OC(F)(F)F. The predicted molar refractivity (Wildman–Crippen MR) is 115 cm³/mol. The van der Waals surface area contributed by atoms with Crippen LogP contribution in [-0.2, 0) is 0 Å². The van der Waals surface area contributed by atoms with E-state index in [9.17, 15) is 18.3 Å². The van der Waals surface area contributed by atoms with E-state index in [1.807, 2.05) is 0 Å². The Morgan fingerprint density at radius 1 is 1.19 bits per heavy atom. The first-order valence-corrected chi connectivity index (χ1v) is 11.7. The van der Waals surface area contributed by atoms with Crippen molar-refractivity contribution in [2.75, 3.05) is 5.73 Å². The molecule has 1 unspecified atom stereocenters. The van der Waals surface area contributed by atoms with Gasteiger partial charge in [-0.1, -0.05) is 6.08 Å². The van der Waals surface area contributed by atoms with Crippen molar-refractivity contribution in [1.29, 1.82) is 0 Å². The van der Waals surface area contributed by atoms with Crippen molar-refractivity contribution in [1.82, 2.24) is 9.88 Å². The fourth-order valence-corrected chi connectivity index (χ4v) is 5.57. The summed E-state index contributed by atoms with van der Waals surface area (Å²) in [4.78, 5) is 6.24. The highest BCUT2D eigenvalue weighted by Crippen LogP contribution is 2.50. The van der Waals surface area contributed by atoms with E-state index in [0.717, 1.165) is 49.3 Å². The molecule has 4 fully saturated rings. The van der Waals surface area contributed by atoms with Gasteiger partial charge in [-0.15, -0.1) is 13.2 Å². The molecule has 1 aromatic heterocycles. The number of pyridine rings is 1. The Kier molecular flexibility index (Phi) is 5.60. The fraction of sp³-hybridized carbons (Fsp3) is 0.625. The Morgan fingerprint density at radius 3 is 2.62 bits per heavy atom. The summed E-state index contributed by atoms with van der Waals surface area (Å²) in [6, 6.07) is 1.66. The van der Waals surface area contributed by atoms with Gasteiger partial charge in [-0.3, -0.25) is 0 Å². The van der Waals surface area contributed by atoms with E-state index in [-0.39, 0.29) is 5.82 Å². The molecule has 2 atom stereocenters. The minimum absolute atomic E-state index is 0.285. The molecule has 0 radical (unpaired) electrons. The molecule has 4 aliphatic carbocycles. The summed E-state index contributed by atoms with van der Waals surface area (Å²) in [6.07, 6.45) is 9.62. The van der Waals surface area contributed by atoms with Gasteiger partial charge < -0.3 is 20.5 Å². The summed E-state index contributed by atoms with van der Waals surface area (Å²) >= 11 is 0. The minimum Gasteiger partial charge on any atom is -0.402 e. The molecule has 4 saturated carbocycles. The second kappa shape index (κ2) is 8.28. The van der Waals surface area contributed by atoms with E-state index >= 15 is 0 Å². The van der Waals surface area contributed by atoms with Crippen LogP contribution in [0.2, 0.25) is 0 Å². The van der Waals surface area contributed by atoms with Crippen LogP contribution < -0.4 is 10.5 Å². The van der Waals surface area contributed by atoms with E-state index in [0.29, 0.717) is 29.9 Å². The molecule has 2 heterocycles. The number of alkyl halides is 3. The normalized spacial score (nSPS) is 32.5. The van der Waals surface area contributed by atoms with Crippen LogP contribution in [0.1, 0.15) is 63.4 Å². The fourth-order valence-electron chi connectivity index (χ4n) is 5.57. The molecule has 3 N–H and O–H groups in total. The van der Waals surface area contributed by atoms with Crippen LogP contribution in [0.3, 0.4) is 0 Å². The topological polar surface area (TPSA) is 71.6 Å². The second-order valence-electron chi connectivity index (χ2n) is 9.76. The lowest BCUT2D eigenvalue weighted by molar-refractivity contribution is -0.274. The van der Waals surface area contributed by atoms with Gasteiger partial charge in [0.25, 0.3) is 0 Å². The number of allylic oxidation sites excluding steroid dienone is 2.